The number of aryl methyl sites for hydroxylation is 2. The number of para-hydroxylation sites is 1. The monoisotopic (exact) mass is 577 g/mol. The molecule has 220 valence electrons. The van der Waals surface area contributed by atoms with Crippen LogP contribution in [-0.2, 0) is 32.5 Å². The lowest BCUT2D eigenvalue weighted by Crippen LogP contribution is -2.56. The number of nitrogens with zero attached hydrogens (tertiary/aromatic N) is 2. The number of carbonyl (C=O) groups is 2. The van der Waals surface area contributed by atoms with Gasteiger partial charge in [0, 0.05) is 12.1 Å². The molecule has 3 aromatic rings. The van der Waals surface area contributed by atoms with Crippen LogP contribution in [0.4, 0.5) is 5.69 Å². The Morgan fingerprint density at radius 2 is 1.49 bits per heavy atom. The largest absolute Gasteiger partial charge is 0.350 e. The van der Waals surface area contributed by atoms with Gasteiger partial charge in [-0.25, -0.2) is 8.42 Å². The zero-order valence-electron chi connectivity index (χ0n) is 25.1. The molecule has 0 aliphatic carbocycles. The number of benzene rings is 3. The van der Waals surface area contributed by atoms with Crippen LogP contribution in [0.3, 0.4) is 0 Å². The van der Waals surface area contributed by atoms with Crippen molar-refractivity contribution >= 4 is 27.5 Å². The molecule has 0 saturated carbocycles. The first-order chi connectivity index (χ1) is 19.4. The number of hydrogen-bond acceptors (Lipinski definition) is 4. The van der Waals surface area contributed by atoms with Gasteiger partial charge in [0.25, 0.3) is 10.0 Å². The van der Waals surface area contributed by atoms with Gasteiger partial charge in [0.1, 0.15) is 12.6 Å². The van der Waals surface area contributed by atoms with Crippen molar-refractivity contribution in [3.63, 3.8) is 0 Å². The molecule has 1 N–H and O–H groups in total. The SMILES string of the molecule is CCc1ccccc1N(CC(=O)N(CCc1ccccc1)C(CC)C(=O)NC(C)(C)C)S(=O)(=O)c1ccc(C)cc1. The Bertz CT molecular complexity index is 1410. The van der Waals surface area contributed by atoms with Crippen molar-refractivity contribution in [1.82, 2.24) is 10.2 Å². The molecular weight excluding hydrogens is 534 g/mol. The second-order valence-corrected chi connectivity index (χ2v) is 13.2. The predicted octanol–water partition coefficient (Wildman–Crippen LogP) is 5.52. The van der Waals surface area contributed by atoms with Crippen LogP contribution in [0.1, 0.15) is 57.7 Å². The van der Waals surface area contributed by atoms with Crippen LogP contribution in [0.2, 0.25) is 0 Å². The molecular formula is C33H43N3O4S. The van der Waals surface area contributed by atoms with E-state index in [9.17, 15) is 18.0 Å². The lowest BCUT2D eigenvalue weighted by atomic mass is 10.1. The minimum Gasteiger partial charge on any atom is -0.350 e. The van der Waals surface area contributed by atoms with Crippen LogP contribution in [-0.4, -0.2) is 49.8 Å². The van der Waals surface area contributed by atoms with Crippen molar-refractivity contribution in [2.45, 2.75) is 77.3 Å². The number of carbonyl (C=O) groups excluding carboxylic acids is 2. The fourth-order valence-electron chi connectivity index (χ4n) is 4.75. The van der Waals surface area contributed by atoms with Crippen LogP contribution >= 0.6 is 0 Å². The maximum atomic E-state index is 14.2. The van der Waals surface area contributed by atoms with Crippen LogP contribution < -0.4 is 9.62 Å². The minimum absolute atomic E-state index is 0.107. The molecule has 7 nitrogen and oxygen atoms in total. The molecule has 3 aromatic carbocycles. The van der Waals surface area contributed by atoms with Crippen LogP contribution in [0.25, 0.3) is 0 Å². The van der Waals surface area contributed by atoms with E-state index in [4.69, 9.17) is 0 Å². The first-order valence-electron chi connectivity index (χ1n) is 14.2. The molecule has 41 heavy (non-hydrogen) atoms. The van der Waals surface area contributed by atoms with Crippen LogP contribution in [0.15, 0.2) is 83.8 Å². The van der Waals surface area contributed by atoms with E-state index in [-0.39, 0.29) is 17.3 Å². The van der Waals surface area contributed by atoms with Gasteiger partial charge in [0.2, 0.25) is 11.8 Å². The molecule has 8 heteroatoms. The van der Waals surface area contributed by atoms with Gasteiger partial charge in [-0.2, -0.15) is 0 Å². The van der Waals surface area contributed by atoms with Gasteiger partial charge in [0.15, 0.2) is 0 Å². The molecule has 0 radical (unpaired) electrons. The van der Waals surface area contributed by atoms with Crippen molar-refractivity contribution in [3.8, 4) is 0 Å². The summed E-state index contributed by atoms with van der Waals surface area (Å²) in [5.41, 5.74) is 2.74. The van der Waals surface area contributed by atoms with Gasteiger partial charge in [0.05, 0.1) is 10.6 Å². The molecule has 1 atom stereocenters. The average molecular weight is 578 g/mol. The Morgan fingerprint density at radius 1 is 0.878 bits per heavy atom. The second kappa shape index (κ2) is 13.8. The topological polar surface area (TPSA) is 86.8 Å². The molecule has 0 aromatic heterocycles. The van der Waals surface area contributed by atoms with Crippen molar-refractivity contribution in [3.05, 3.63) is 95.6 Å². The summed E-state index contributed by atoms with van der Waals surface area (Å²) in [6, 6.07) is 22.8. The Kier molecular flexibility index (Phi) is 10.7. The molecule has 0 saturated heterocycles. The van der Waals surface area contributed by atoms with Crippen LogP contribution in [0, 0.1) is 6.92 Å². The van der Waals surface area contributed by atoms with E-state index in [1.54, 1.807) is 41.3 Å². The Hall–Kier alpha value is -3.65. The molecule has 0 bridgehead atoms. The van der Waals surface area contributed by atoms with Crippen LogP contribution in [0.5, 0.6) is 0 Å². The van der Waals surface area contributed by atoms with Gasteiger partial charge < -0.3 is 10.2 Å². The number of sulfonamides is 1. The molecule has 0 fully saturated rings. The van der Waals surface area contributed by atoms with Gasteiger partial charge in [-0.3, -0.25) is 13.9 Å². The highest BCUT2D eigenvalue weighted by Crippen LogP contribution is 2.28. The van der Waals surface area contributed by atoms with Crippen molar-refractivity contribution in [2.75, 3.05) is 17.4 Å². The van der Waals surface area contributed by atoms with E-state index in [1.165, 1.54) is 4.31 Å². The van der Waals surface area contributed by atoms with Crippen molar-refractivity contribution in [1.29, 1.82) is 0 Å². The number of hydrogen-bond donors (Lipinski definition) is 1. The first-order valence-corrected chi connectivity index (χ1v) is 15.6. The second-order valence-electron chi connectivity index (χ2n) is 11.3. The molecule has 0 heterocycles. The molecule has 3 rings (SSSR count). The standard InChI is InChI=1S/C33H43N3O4S/c1-7-27-16-12-13-17-30(27)36(41(39,40)28-20-18-25(3)19-21-28)24-31(37)35(23-22-26-14-10-9-11-15-26)29(8-2)32(38)34-33(4,5)6/h9-21,29H,7-8,22-24H2,1-6H3,(H,34,38). The number of rotatable bonds is 12. The minimum atomic E-state index is -4.10. The van der Waals surface area contributed by atoms with Crippen molar-refractivity contribution in [2.24, 2.45) is 0 Å². The summed E-state index contributed by atoms with van der Waals surface area (Å²) in [7, 11) is -4.10. The van der Waals surface area contributed by atoms with Gasteiger partial charge >= 0.3 is 0 Å². The van der Waals surface area contributed by atoms with E-state index in [1.807, 2.05) is 84.0 Å². The summed E-state index contributed by atoms with van der Waals surface area (Å²) in [6.07, 6.45) is 1.51. The number of amides is 2. The molecule has 0 spiro atoms. The predicted molar refractivity (Wildman–Crippen MR) is 165 cm³/mol. The van der Waals surface area contributed by atoms with Gasteiger partial charge in [-0.1, -0.05) is 80.1 Å². The molecule has 0 aliphatic heterocycles. The third kappa shape index (κ3) is 8.43. The summed E-state index contributed by atoms with van der Waals surface area (Å²) < 4.78 is 29.4. The Morgan fingerprint density at radius 3 is 2.07 bits per heavy atom. The quantitative estimate of drug-likeness (QED) is 0.307. The molecule has 1 unspecified atom stereocenters. The number of anilines is 1. The van der Waals surface area contributed by atoms with E-state index < -0.39 is 34.1 Å². The zero-order valence-corrected chi connectivity index (χ0v) is 25.9. The third-order valence-corrected chi connectivity index (χ3v) is 8.67. The Balaban J connectivity index is 2.06. The average Bonchev–Trinajstić information content (AvgIpc) is 2.93. The maximum absolute atomic E-state index is 14.2. The van der Waals surface area contributed by atoms with Gasteiger partial charge in [-0.05, 0) is 76.3 Å². The fourth-order valence-corrected chi connectivity index (χ4v) is 6.20. The lowest BCUT2D eigenvalue weighted by Gasteiger charge is -2.35. The highest BCUT2D eigenvalue weighted by Gasteiger charge is 2.34. The van der Waals surface area contributed by atoms with E-state index in [0.29, 0.717) is 24.9 Å². The maximum Gasteiger partial charge on any atom is 0.264 e. The Labute approximate surface area is 245 Å². The van der Waals surface area contributed by atoms with E-state index >= 15 is 0 Å². The summed E-state index contributed by atoms with van der Waals surface area (Å²) in [6.45, 7) is 11.2. The molecule has 0 aliphatic rings. The number of nitrogens with one attached hydrogen (secondary N) is 1. The summed E-state index contributed by atoms with van der Waals surface area (Å²) >= 11 is 0. The summed E-state index contributed by atoms with van der Waals surface area (Å²) in [4.78, 5) is 29.3. The normalized spacial score (nSPS) is 12.4. The zero-order chi connectivity index (χ0) is 30.2. The lowest BCUT2D eigenvalue weighted by molar-refractivity contribution is -0.140. The third-order valence-electron chi connectivity index (χ3n) is 6.90. The fraction of sp³-hybridized carbons (Fsp3) is 0.394. The smallest absolute Gasteiger partial charge is 0.264 e. The molecule has 2 amide bonds. The van der Waals surface area contributed by atoms with Crippen molar-refractivity contribution < 1.29 is 18.0 Å². The first kappa shape index (κ1) is 31.9. The van der Waals surface area contributed by atoms with E-state index in [0.717, 1.165) is 16.7 Å². The van der Waals surface area contributed by atoms with Gasteiger partial charge in [-0.15, -0.1) is 0 Å². The highest BCUT2D eigenvalue weighted by atomic mass is 32.2. The summed E-state index contributed by atoms with van der Waals surface area (Å²) in [5, 5.41) is 3.00. The summed E-state index contributed by atoms with van der Waals surface area (Å²) in [5.74, 6) is -0.693. The highest BCUT2D eigenvalue weighted by molar-refractivity contribution is 7.92. The van der Waals surface area contributed by atoms with E-state index in [2.05, 4.69) is 5.32 Å².